The summed E-state index contributed by atoms with van der Waals surface area (Å²) in [6.07, 6.45) is 6.10. The SMILES string of the molecule is CSNC(=O)NC1CC2=C(/C(C=N)=C/NC(F)F)CN=C(c3nccs3)N2C1. The van der Waals surface area contributed by atoms with Crippen LogP contribution >= 0.6 is 23.3 Å². The van der Waals surface area contributed by atoms with Crippen LogP contribution in [0.15, 0.2) is 39.6 Å². The normalized spacial score (nSPS) is 19.4. The number of nitrogens with zero attached hydrogens (tertiary/aromatic N) is 3. The Morgan fingerprint density at radius 2 is 2.36 bits per heavy atom. The molecule has 2 aliphatic rings. The number of hydrogen-bond acceptors (Lipinski definition) is 8. The summed E-state index contributed by atoms with van der Waals surface area (Å²) >= 11 is 2.65. The number of nitrogens with one attached hydrogen (secondary N) is 4. The number of aromatic nitrogens is 1. The molecule has 0 bridgehead atoms. The fourth-order valence-corrected chi connectivity index (χ4v) is 4.01. The van der Waals surface area contributed by atoms with E-state index >= 15 is 0 Å². The molecule has 2 aliphatic heterocycles. The van der Waals surface area contributed by atoms with Crippen molar-refractivity contribution in [3.63, 3.8) is 0 Å². The zero-order valence-electron chi connectivity index (χ0n) is 14.9. The van der Waals surface area contributed by atoms with Crippen LogP contribution in [0, 0.1) is 5.41 Å². The number of carbonyl (C=O) groups excluding carboxylic acids is 1. The lowest BCUT2D eigenvalue weighted by Crippen LogP contribution is -2.42. The molecule has 3 rings (SSSR count). The van der Waals surface area contributed by atoms with Crippen molar-refractivity contribution in [1.82, 2.24) is 25.2 Å². The lowest BCUT2D eigenvalue weighted by Gasteiger charge is -2.28. The molecule has 8 nitrogen and oxygen atoms in total. The Kier molecular flexibility index (Phi) is 6.62. The van der Waals surface area contributed by atoms with E-state index in [1.54, 1.807) is 12.5 Å². The molecule has 0 radical (unpaired) electrons. The van der Waals surface area contributed by atoms with Crippen molar-refractivity contribution in [1.29, 1.82) is 5.41 Å². The van der Waals surface area contributed by atoms with E-state index in [1.807, 2.05) is 15.6 Å². The summed E-state index contributed by atoms with van der Waals surface area (Å²) in [5, 5.41) is 15.1. The molecule has 1 unspecified atom stereocenters. The number of rotatable bonds is 7. The van der Waals surface area contributed by atoms with Gasteiger partial charge >= 0.3 is 12.6 Å². The highest BCUT2D eigenvalue weighted by Crippen LogP contribution is 2.33. The first kappa shape index (κ1) is 20.3. The van der Waals surface area contributed by atoms with Crippen LogP contribution in [0.3, 0.4) is 0 Å². The molecule has 0 saturated carbocycles. The smallest absolute Gasteiger partial charge is 0.325 e. The molecule has 0 aromatic carbocycles. The Morgan fingerprint density at radius 3 is 3.00 bits per heavy atom. The topological polar surface area (TPSA) is 106 Å². The molecule has 1 aromatic rings. The maximum absolute atomic E-state index is 12.5. The van der Waals surface area contributed by atoms with Gasteiger partial charge in [-0.25, -0.2) is 9.78 Å². The first-order chi connectivity index (χ1) is 13.5. The second-order valence-corrected chi connectivity index (χ2v) is 7.41. The van der Waals surface area contributed by atoms with Gasteiger partial charge in [-0.05, 0) is 0 Å². The maximum Gasteiger partial charge on any atom is 0.325 e. The van der Waals surface area contributed by atoms with Gasteiger partial charge in [-0.2, -0.15) is 8.78 Å². The molecule has 0 spiro atoms. The van der Waals surface area contributed by atoms with E-state index < -0.39 is 6.55 Å². The van der Waals surface area contributed by atoms with Crippen molar-refractivity contribution in [3.8, 4) is 0 Å². The summed E-state index contributed by atoms with van der Waals surface area (Å²) in [4.78, 5) is 22.7. The zero-order valence-corrected chi connectivity index (χ0v) is 16.5. The van der Waals surface area contributed by atoms with Gasteiger partial charge in [0, 0.05) is 60.1 Å². The van der Waals surface area contributed by atoms with Crippen molar-refractivity contribution < 1.29 is 13.6 Å². The first-order valence-corrected chi connectivity index (χ1v) is 10.4. The third-order valence-electron chi connectivity index (χ3n) is 4.18. The molecule has 2 amide bonds. The Balaban J connectivity index is 1.91. The fraction of sp³-hybridized carbons (Fsp3) is 0.375. The van der Waals surface area contributed by atoms with Gasteiger partial charge in [0.2, 0.25) is 0 Å². The second kappa shape index (κ2) is 9.15. The zero-order chi connectivity index (χ0) is 20.1. The number of amides is 2. The van der Waals surface area contributed by atoms with E-state index in [2.05, 4.69) is 20.0 Å². The average Bonchev–Trinajstić information content (AvgIpc) is 3.31. The summed E-state index contributed by atoms with van der Waals surface area (Å²) in [6.45, 7) is -1.99. The molecular weight excluding hydrogens is 408 g/mol. The number of halogens is 2. The highest BCUT2D eigenvalue weighted by molar-refractivity contribution is 7.97. The van der Waals surface area contributed by atoms with Crippen LogP contribution < -0.4 is 15.4 Å². The van der Waals surface area contributed by atoms with Crippen molar-refractivity contribution >= 4 is 41.4 Å². The molecule has 1 atom stereocenters. The summed E-state index contributed by atoms with van der Waals surface area (Å²) in [5.41, 5.74) is 1.86. The molecule has 3 heterocycles. The van der Waals surface area contributed by atoms with Crippen molar-refractivity contribution in [2.45, 2.75) is 19.0 Å². The van der Waals surface area contributed by atoms with Crippen LogP contribution in [0.25, 0.3) is 0 Å². The molecule has 150 valence electrons. The summed E-state index contributed by atoms with van der Waals surface area (Å²) < 4.78 is 27.7. The Labute approximate surface area is 168 Å². The highest BCUT2D eigenvalue weighted by Gasteiger charge is 2.36. The van der Waals surface area contributed by atoms with Gasteiger partial charge in [-0.15, -0.1) is 11.3 Å². The van der Waals surface area contributed by atoms with Gasteiger partial charge in [0.05, 0.1) is 12.6 Å². The predicted molar refractivity (Wildman–Crippen MR) is 107 cm³/mol. The van der Waals surface area contributed by atoms with Gasteiger partial charge in [0.1, 0.15) is 0 Å². The number of thiazole rings is 1. The van der Waals surface area contributed by atoms with Crippen molar-refractivity contribution in [2.75, 3.05) is 19.3 Å². The monoisotopic (exact) mass is 427 g/mol. The van der Waals surface area contributed by atoms with Crippen molar-refractivity contribution in [3.05, 3.63) is 39.6 Å². The largest absolute Gasteiger partial charge is 0.336 e. The van der Waals surface area contributed by atoms with Crippen LogP contribution in [0.2, 0.25) is 0 Å². The standard InChI is InChI=1S/C16H19F2N7OS2/c1-27-24-16(26)23-10-4-12-11(9(5-19)6-22-15(17)18)7-21-13(25(12)8-10)14-20-2-3-28-14/h2-3,5-6,10,15,19,22H,4,7-8H2,1H3,(H2,23,24,26)/b9-6+,19-5?. The van der Waals surface area contributed by atoms with Gasteiger partial charge in [-0.3, -0.25) is 9.71 Å². The lowest BCUT2D eigenvalue weighted by molar-refractivity contribution is 0.125. The molecule has 12 heteroatoms. The molecule has 0 aliphatic carbocycles. The van der Waals surface area contributed by atoms with E-state index in [1.165, 1.54) is 23.3 Å². The van der Waals surface area contributed by atoms with Crippen LogP contribution in [-0.4, -0.2) is 59.9 Å². The van der Waals surface area contributed by atoms with E-state index in [0.717, 1.165) is 23.1 Å². The number of carbonyl (C=O) groups is 1. The lowest BCUT2D eigenvalue weighted by atomic mass is 10.0. The van der Waals surface area contributed by atoms with Gasteiger partial charge in [-0.1, -0.05) is 11.9 Å². The molecular formula is C16H19F2N7OS2. The van der Waals surface area contributed by atoms with Crippen LogP contribution in [-0.2, 0) is 0 Å². The first-order valence-electron chi connectivity index (χ1n) is 8.32. The van der Waals surface area contributed by atoms with E-state index in [4.69, 9.17) is 5.41 Å². The number of urea groups is 1. The molecule has 4 N–H and O–H groups in total. The summed E-state index contributed by atoms with van der Waals surface area (Å²) in [6, 6.07) is -0.482. The fourth-order valence-electron chi connectivity index (χ4n) is 3.12. The quantitative estimate of drug-likeness (QED) is 0.303. The van der Waals surface area contributed by atoms with Gasteiger partial charge in [0.25, 0.3) is 0 Å². The Morgan fingerprint density at radius 1 is 1.54 bits per heavy atom. The maximum atomic E-state index is 12.5. The van der Waals surface area contributed by atoms with E-state index in [-0.39, 0.29) is 18.6 Å². The predicted octanol–water partition coefficient (Wildman–Crippen LogP) is 2.15. The van der Waals surface area contributed by atoms with E-state index in [9.17, 15) is 13.6 Å². The van der Waals surface area contributed by atoms with Crippen LogP contribution in [0.5, 0.6) is 0 Å². The minimum atomic E-state index is -2.72. The van der Waals surface area contributed by atoms with Gasteiger partial charge in [0.15, 0.2) is 10.8 Å². The van der Waals surface area contributed by atoms with E-state index in [0.29, 0.717) is 29.9 Å². The molecule has 28 heavy (non-hydrogen) atoms. The van der Waals surface area contributed by atoms with Gasteiger partial charge < -0.3 is 20.9 Å². The summed E-state index contributed by atoms with van der Waals surface area (Å²) in [5.74, 6) is 0.689. The van der Waals surface area contributed by atoms with Crippen LogP contribution in [0.1, 0.15) is 11.4 Å². The second-order valence-electron chi connectivity index (χ2n) is 5.91. The number of amidine groups is 1. The minimum Gasteiger partial charge on any atom is -0.336 e. The number of alkyl halides is 2. The third kappa shape index (κ3) is 4.50. The van der Waals surface area contributed by atoms with Crippen LogP contribution in [0.4, 0.5) is 13.6 Å². The molecule has 1 saturated heterocycles. The summed E-state index contributed by atoms with van der Waals surface area (Å²) in [7, 11) is 0. The molecule has 1 fully saturated rings. The van der Waals surface area contributed by atoms with Crippen molar-refractivity contribution in [2.24, 2.45) is 4.99 Å². The number of fused-ring (bicyclic) bond motifs is 1. The third-order valence-corrected chi connectivity index (χ3v) is 5.34. The average molecular weight is 428 g/mol. The highest BCUT2D eigenvalue weighted by atomic mass is 32.2. The molecule has 1 aromatic heterocycles. The Bertz CT molecular complexity index is 823. The Hall–Kier alpha value is -2.47. The number of aliphatic imine (C=N–C) groups is 1. The minimum absolute atomic E-state index is 0.185. The number of hydrogen-bond donors (Lipinski definition) is 4.